The van der Waals surface area contributed by atoms with Crippen LogP contribution in [0.15, 0.2) is 18.2 Å². The van der Waals surface area contributed by atoms with Crippen molar-refractivity contribution in [2.24, 2.45) is 0 Å². The number of carbonyl (C=O) groups excluding carboxylic acids is 2. The molecule has 7 nitrogen and oxygen atoms in total. The van der Waals surface area contributed by atoms with Crippen LogP contribution in [-0.4, -0.2) is 40.8 Å². The van der Waals surface area contributed by atoms with Gasteiger partial charge in [-0.15, -0.1) is 0 Å². The molecule has 1 fully saturated rings. The second kappa shape index (κ2) is 6.74. The standard InChI is InChI=1S/C14H16ClN3O4/c1-9(8-17-6-2-3-13(17)19)16-14(20)11-5-4-10(15)7-12(11)18(21)22/h4-5,7,9H,2-3,6,8H2,1H3,(H,16,20)/t9-/m0/s1. The molecular formula is C14H16ClN3O4. The summed E-state index contributed by atoms with van der Waals surface area (Å²) in [7, 11) is 0. The lowest BCUT2D eigenvalue weighted by Gasteiger charge is -2.21. The molecule has 1 N–H and O–H groups in total. The molecule has 22 heavy (non-hydrogen) atoms. The summed E-state index contributed by atoms with van der Waals surface area (Å²) in [4.78, 5) is 35.8. The maximum Gasteiger partial charge on any atom is 0.283 e. The van der Waals surface area contributed by atoms with E-state index in [4.69, 9.17) is 11.6 Å². The molecule has 1 aliphatic rings. The fourth-order valence-electron chi connectivity index (χ4n) is 2.42. The van der Waals surface area contributed by atoms with Gasteiger partial charge < -0.3 is 10.2 Å². The van der Waals surface area contributed by atoms with Crippen molar-refractivity contribution in [3.05, 3.63) is 38.9 Å². The second-order valence-electron chi connectivity index (χ2n) is 5.24. The second-order valence-corrected chi connectivity index (χ2v) is 5.67. The number of amides is 2. The van der Waals surface area contributed by atoms with Crippen molar-refractivity contribution in [3.63, 3.8) is 0 Å². The Morgan fingerprint density at radius 3 is 2.86 bits per heavy atom. The SMILES string of the molecule is C[C@@H](CN1CCCC1=O)NC(=O)c1ccc(Cl)cc1[N+](=O)[O-]. The van der Waals surface area contributed by atoms with Gasteiger partial charge in [0.15, 0.2) is 0 Å². The smallest absolute Gasteiger partial charge is 0.283 e. The summed E-state index contributed by atoms with van der Waals surface area (Å²) in [5.74, 6) is -0.485. The average molecular weight is 326 g/mol. The first-order chi connectivity index (χ1) is 10.4. The molecule has 1 atom stereocenters. The van der Waals surface area contributed by atoms with E-state index in [2.05, 4.69) is 5.32 Å². The Hall–Kier alpha value is -2.15. The highest BCUT2D eigenvalue weighted by Crippen LogP contribution is 2.23. The van der Waals surface area contributed by atoms with Crippen LogP contribution >= 0.6 is 11.6 Å². The molecule has 8 heteroatoms. The van der Waals surface area contributed by atoms with Crippen molar-refractivity contribution < 1.29 is 14.5 Å². The van der Waals surface area contributed by atoms with Gasteiger partial charge in [-0.25, -0.2) is 0 Å². The minimum atomic E-state index is -0.643. The largest absolute Gasteiger partial charge is 0.348 e. The molecule has 1 heterocycles. The molecule has 0 unspecified atom stereocenters. The fourth-order valence-corrected chi connectivity index (χ4v) is 2.59. The first-order valence-corrected chi connectivity index (χ1v) is 7.29. The molecule has 0 bridgehead atoms. The van der Waals surface area contributed by atoms with Crippen LogP contribution in [-0.2, 0) is 4.79 Å². The van der Waals surface area contributed by atoms with E-state index in [9.17, 15) is 19.7 Å². The van der Waals surface area contributed by atoms with E-state index >= 15 is 0 Å². The molecule has 2 amide bonds. The predicted molar refractivity (Wildman–Crippen MR) is 80.8 cm³/mol. The lowest BCUT2D eigenvalue weighted by molar-refractivity contribution is -0.385. The summed E-state index contributed by atoms with van der Waals surface area (Å²) in [6, 6.07) is 3.59. The van der Waals surface area contributed by atoms with Crippen molar-refractivity contribution in [1.82, 2.24) is 10.2 Å². The molecule has 1 aliphatic heterocycles. The summed E-state index contributed by atoms with van der Waals surface area (Å²) in [5.41, 5.74) is -0.386. The molecule has 0 saturated carbocycles. The molecule has 1 aromatic rings. The van der Waals surface area contributed by atoms with Crippen LogP contribution in [0.1, 0.15) is 30.1 Å². The van der Waals surface area contributed by atoms with E-state index in [1.807, 2.05) is 0 Å². The van der Waals surface area contributed by atoms with Gasteiger partial charge in [0.05, 0.1) is 4.92 Å². The number of nitro groups is 1. The number of nitro benzene ring substituents is 1. The molecule has 2 rings (SSSR count). The van der Waals surface area contributed by atoms with Crippen molar-refractivity contribution in [2.75, 3.05) is 13.1 Å². The summed E-state index contributed by atoms with van der Waals surface area (Å²) >= 11 is 5.72. The van der Waals surface area contributed by atoms with E-state index in [0.717, 1.165) is 12.5 Å². The third kappa shape index (κ3) is 3.73. The minimum Gasteiger partial charge on any atom is -0.348 e. The topological polar surface area (TPSA) is 92.6 Å². The van der Waals surface area contributed by atoms with Crippen molar-refractivity contribution >= 4 is 29.1 Å². The zero-order valence-corrected chi connectivity index (χ0v) is 12.8. The van der Waals surface area contributed by atoms with Crippen molar-refractivity contribution in [3.8, 4) is 0 Å². The van der Waals surface area contributed by atoms with Crippen LogP contribution in [0.5, 0.6) is 0 Å². The average Bonchev–Trinajstić information content (AvgIpc) is 2.83. The molecule has 0 aliphatic carbocycles. The van der Waals surface area contributed by atoms with E-state index in [-0.39, 0.29) is 28.2 Å². The maximum absolute atomic E-state index is 12.2. The predicted octanol–water partition coefficient (Wildman–Crippen LogP) is 1.99. The molecule has 118 valence electrons. The van der Waals surface area contributed by atoms with Gasteiger partial charge in [0, 0.05) is 36.6 Å². The number of rotatable bonds is 5. The third-order valence-corrected chi connectivity index (χ3v) is 3.68. The number of nitrogens with zero attached hydrogens (tertiary/aromatic N) is 2. The normalized spacial score (nSPS) is 15.7. The van der Waals surface area contributed by atoms with Crippen LogP contribution in [0.25, 0.3) is 0 Å². The van der Waals surface area contributed by atoms with Gasteiger partial charge in [0.1, 0.15) is 5.56 Å². The van der Waals surface area contributed by atoms with E-state index in [1.54, 1.807) is 11.8 Å². The van der Waals surface area contributed by atoms with Gasteiger partial charge in [0.2, 0.25) is 5.91 Å². The highest BCUT2D eigenvalue weighted by atomic mass is 35.5. The van der Waals surface area contributed by atoms with Gasteiger partial charge in [0.25, 0.3) is 11.6 Å². The summed E-state index contributed by atoms with van der Waals surface area (Å²) in [6.07, 6.45) is 1.35. The molecule has 0 radical (unpaired) electrons. The fraction of sp³-hybridized carbons (Fsp3) is 0.429. The number of halogens is 1. The number of likely N-dealkylation sites (tertiary alicyclic amines) is 1. The van der Waals surface area contributed by atoms with E-state index < -0.39 is 10.8 Å². The van der Waals surface area contributed by atoms with Crippen LogP contribution in [0.2, 0.25) is 5.02 Å². The van der Waals surface area contributed by atoms with Crippen LogP contribution in [0, 0.1) is 10.1 Å². The Balaban J connectivity index is 2.05. The lowest BCUT2D eigenvalue weighted by Crippen LogP contribution is -2.42. The first kappa shape index (κ1) is 16.2. The number of carbonyl (C=O) groups is 2. The minimum absolute atomic E-state index is 0.0472. The number of benzene rings is 1. The van der Waals surface area contributed by atoms with Crippen LogP contribution in [0.4, 0.5) is 5.69 Å². The monoisotopic (exact) mass is 325 g/mol. The summed E-state index contributed by atoms with van der Waals surface area (Å²) in [6.45, 7) is 2.83. The Morgan fingerprint density at radius 2 is 2.27 bits per heavy atom. The number of nitrogens with one attached hydrogen (secondary N) is 1. The van der Waals surface area contributed by atoms with Gasteiger partial charge in [-0.2, -0.15) is 0 Å². The van der Waals surface area contributed by atoms with E-state index in [0.29, 0.717) is 19.5 Å². The highest BCUT2D eigenvalue weighted by Gasteiger charge is 2.25. The third-order valence-electron chi connectivity index (χ3n) is 3.44. The Labute approximate surface area is 132 Å². The van der Waals surface area contributed by atoms with Crippen LogP contribution in [0.3, 0.4) is 0 Å². The van der Waals surface area contributed by atoms with Gasteiger partial charge in [-0.05, 0) is 25.5 Å². The quantitative estimate of drug-likeness (QED) is 0.662. The summed E-state index contributed by atoms with van der Waals surface area (Å²) < 4.78 is 0. The maximum atomic E-state index is 12.2. The zero-order chi connectivity index (χ0) is 16.3. The van der Waals surface area contributed by atoms with Gasteiger partial charge in [-0.1, -0.05) is 11.6 Å². The Bertz CT molecular complexity index is 620. The Morgan fingerprint density at radius 1 is 1.55 bits per heavy atom. The van der Waals surface area contributed by atoms with E-state index in [1.165, 1.54) is 12.1 Å². The zero-order valence-electron chi connectivity index (χ0n) is 12.0. The molecule has 0 spiro atoms. The van der Waals surface area contributed by atoms with Crippen LogP contribution < -0.4 is 5.32 Å². The number of hydrogen-bond acceptors (Lipinski definition) is 4. The highest BCUT2D eigenvalue weighted by molar-refractivity contribution is 6.31. The molecular weight excluding hydrogens is 310 g/mol. The lowest BCUT2D eigenvalue weighted by atomic mass is 10.1. The van der Waals surface area contributed by atoms with Gasteiger partial charge in [-0.3, -0.25) is 19.7 Å². The van der Waals surface area contributed by atoms with Crippen molar-refractivity contribution in [1.29, 1.82) is 0 Å². The molecule has 1 saturated heterocycles. The van der Waals surface area contributed by atoms with Gasteiger partial charge >= 0.3 is 0 Å². The molecule has 1 aromatic carbocycles. The first-order valence-electron chi connectivity index (χ1n) is 6.91. The summed E-state index contributed by atoms with van der Waals surface area (Å²) in [5, 5.41) is 13.9. The number of hydrogen-bond donors (Lipinski definition) is 1. The molecule has 0 aromatic heterocycles. The Kier molecular flexibility index (Phi) is 4.97. The van der Waals surface area contributed by atoms with Crippen molar-refractivity contribution in [2.45, 2.75) is 25.8 Å².